The molecule has 0 aliphatic carbocycles. The van der Waals surface area contributed by atoms with Crippen LogP contribution in [-0.4, -0.2) is 60.5 Å². The fourth-order valence-electron chi connectivity index (χ4n) is 3.71. The number of carbonyl (C=O) groups is 1. The third-order valence-corrected chi connectivity index (χ3v) is 5.38. The molecule has 5 atom stereocenters. The van der Waals surface area contributed by atoms with Crippen molar-refractivity contribution in [1.29, 1.82) is 0 Å². The van der Waals surface area contributed by atoms with Crippen molar-refractivity contribution in [3.63, 3.8) is 0 Å². The molecule has 0 bridgehead atoms. The maximum atomic E-state index is 14.9. The minimum absolute atomic E-state index is 0.0315. The van der Waals surface area contributed by atoms with Crippen LogP contribution >= 0.6 is 0 Å². The molecule has 0 spiro atoms. The Morgan fingerprint density at radius 3 is 2.55 bits per heavy atom. The molecule has 2 aromatic rings. The number of hydrogen-bond donors (Lipinski definition) is 3. The largest absolute Gasteiger partial charge is 0.462 e. The average molecular weight is 469 g/mol. The van der Waals surface area contributed by atoms with Gasteiger partial charge in [-0.2, -0.15) is 8.78 Å². The van der Waals surface area contributed by atoms with Crippen molar-refractivity contribution in [2.24, 2.45) is 0 Å². The standard InChI is InChI=1S/C23H26F3NO6/c1-12-21(31-3)19(29)20(30)22(32-12)33-16-7-8-18(23(25,26)11-27-13(2)28)17(10-16)14-5-4-6-15(24)9-14/h4-10,12,19-22,29-30H,11H2,1-3H3,(H,27,28)/t12-,19-,20+,21-,22-/m0/s1. The minimum atomic E-state index is -3.47. The van der Waals surface area contributed by atoms with Gasteiger partial charge in [0.15, 0.2) is 0 Å². The zero-order chi connectivity index (χ0) is 24.3. The number of methoxy groups -OCH3 is 1. The highest BCUT2D eigenvalue weighted by atomic mass is 19.3. The van der Waals surface area contributed by atoms with E-state index in [9.17, 15) is 28.2 Å². The molecule has 180 valence electrons. The van der Waals surface area contributed by atoms with Crippen molar-refractivity contribution in [2.75, 3.05) is 13.7 Å². The topological polar surface area (TPSA) is 97.3 Å². The second kappa shape index (κ2) is 10.1. The zero-order valence-corrected chi connectivity index (χ0v) is 18.3. The molecule has 3 rings (SSSR count). The van der Waals surface area contributed by atoms with Gasteiger partial charge in [-0.25, -0.2) is 4.39 Å². The van der Waals surface area contributed by atoms with Crippen LogP contribution in [0, 0.1) is 5.82 Å². The molecule has 3 N–H and O–H groups in total. The molecule has 0 aromatic heterocycles. The summed E-state index contributed by atoms with van der Waals surface area (Å²) in [5, 5.41) is 22.7. The molecule has 1 amide bonds. The number of benzene rings is 2. The van der Waals surface area contributed by atoms with Gasteiger partial charge in [-0.15, -0.1) is 0 Å². The lowest BCUT2D eigenvalue weighted by Gasteiger charge is -2.40. The number of carbonyl (C=O) groups excluding carboxylic acids is 1. The summed E-state index contributed by atoms with van der Waals surface area (Å²) in [5.41, 5.74) is -0.320. The van der Waals surface area contributed by atoms with E-state index in [0.717, 1.165) is 19.1 Å². The van der Waals surface area contributed by atoms with Crippen LogP contribution in [0.2, 0.25) is 0 Å². The van der Waals surface area contributed by atoms with Crippen molar-refractivity contribution >= 4 is 5.91 Å². The van der Waals surface area contributed by atoms with Crippen LogP contribution in [0.4, 0.5) is 13.2 Å². The number of aliphatic hydroxyl groups excluding tert-OH is 2. The number of nitrogens with one attached hydrogen (secondary N) is 1. The highest BCUT2D eigenvalue weighted by Crippen LogP contribution is 2.39. The molecule has 2 aromatic carbocycles. The number of halogens is 3. The highest BCUT2D eigenvalue weighted by molar-refractivity contribution is 5.73. The highest BCUT2D eigenvalue weighted by Gasteiger charge is 2.44. The summed E-state index contributed by atoms with van der Waals surface area (Å²) in [7, 11) is 1.37. The number of amides is 1. The van der Waals surface area contributed by atoms with Gasteiger partial charge in [0.2, 0.25) is 12.2 Å². The van der Waals surface area contributed by atoms with E-state index >= 15 is 0 Å². The van der Waals surface area contributed by atoms with Crippen LogP contribution in [-0.2, 0) is 20.2 Å². The smallest absolute Gasteiger partial charge is 0.290 e. The van der Waals surface area contributed by atoms with E-state index in [0.29, 0.717) is 0 Å². The van der Waals surface area contributed by atoms with Crippen LogP contribution in [0.15, 0.2) is 42.5 Å². The summed E-state index contributed by atoms with van der Waals surface area (Å²) < 4.78 is 60.1. The van der Waals surface area contributed by atoms with E-state index < -0.39 is 60.5 Å². The second-order valence-electron chi connectivity index (χ2n) is 7.84. The number of ether oxygens (including phenoxy) is 3. The van der Waals surface area contributed by atoms with Crippen LogP contribution in [0.25, 0.3) is 11.1 Å². The lowest BCUT2D eigenvalue weighted by Crippen LogP contribution is -2.58. The van der Waals surface area contributed by atoms with E-state index in [1.807, 2.05) is 0 Å². The van der Waals surface area contributed by atoms with Crippen molar-refractivity contribution in [2.45, 2.75) is 50.5 Å². The fourth-order valence-corrected chi connectivity index (χ4v) is 3.71. The van der Waals surface area contributed by atoms with Crippen molar-refractivity contribution in [1.82, 2.24) is 5.32 Å². The van der Waals surface area contributed by atoms with Gasteiger partial charge in [-0.3, -0.25) is 4.79 Å². The van der Waals surface area contributed by atoms with E-state index in [4.69, 9.17) is 14.2 Å². The fraction of sp³-hybridized carbons (Fsp3) is 0.435. The van der Waals surface area contributed by atoms with Crippen molar-refractivity contribution in [3.8, 4) is 16.9 Å². The Hall–Kier alpha value is -2.66. The lowest BCUT2D eigenvalue weighted by molar-refractivity contribution is -0.272. The maximum Gasteiger partial charge on any atom is 0.290 e. The van der Waals surface area contributed by atoms with E-state index in [-0.39, 0.29) is 16.9 Å². The molecule has 10 heteroatoms. The number of alkyl halides is 2. The molecule has 7 nitrogen and oxygen atoms in total. The summed E-state index contributed by atoms with van der Waals surface area (Å²) in [4.78, 5) is 11.1. The van der Waals surface area contributed by atoms with Crippen LogP contribution in [0.5, 0.6) is 5.75 Å². The third-order valence-electron chi connectivity index (χ3n) is 5.38. The minimum Gasteiger partial charge on any atom is -0.462 e. The Balaban J connectivity index is 1.96. The summed E-state index contributed by atoms with van der Waals surface area (Å²) in [6.45, 7) is 1.81. The quantitative estimate of drug-likeness (QED) is 0.577. The molecular weight excluding hydrogens is 443 g/mol. The zero-order valence-electron chi connectivity index (χ0n) is 18.3. The van der Waals surface area contributed by atoms with Gasteiger partial charge in [0.1, 0.15) is 29.9 Å². The Morgan fingerprint density at radius 1 is 1.18 bits per heavy atom. The van der Waals surface area contributed by atoms with E-state index in [1.54, 1.807) is 6.92 Å². The second-order valence-corrected chi connectivity index (χ2v) is 7.84. The maximum absolute atomic E-state index is 14.9. The monoisotopic (exact) mass is 469 g/mol. The molecule has 1 aliphatic rings. The molecule has 1 fully saturated rings. The number of hydrogen-bond acceptors (Lipinski definition) is 6. The SMILES string of the molecule is CO[C@@H]1[C@@H](O)[C@@H](O)[C@H](Oc2ccc(C(F)(F)CNC(C)=O)c(-c3cccc(F)c3)c2)O[C@H]1C. The van der Waals surface area contributed by atoms with Crippen LogP contribution in [0.1, 0.15) is 19.4 Å². The third kappa shape index (κ3) is 5.64. The van der Waals surface area contributed by atoms with Gasteiger partial charge < -0.3 is 29.7 Å². The van der Waals surface area contributed by atoms with Gasteiger partial charge in [-0.05, 0) is 48.4 Å². The Labute approximate surface area is 189 Å². The summed E-state index contributed by atoms with van der Waals surface area (Å²) >= 11 is 0. The van der Waals surface area contributed by atoms with Crippen molar-refractivity contribution in [3.05, 3.63) is 53.8 Å². The molecule has 33 heavy (non-hydrogen) atoms. The molecule has 0 saturated carbocycles. The van der Waals surface area contributed by atoms with Gasteiger partial charge in [-0.1, -0.05) is 12.1 Å². The van der Waals surface area contributed by atoms with Crippen LogP contribution < -0.4 is 10.1 Å². The summed E-state index contributed by atoms with van der Waals surface area (Å²) in [6, 6.07) is 8.73. The summed E-state index contributed by atoms with van der Waals surface area (Å²) in [5.74, 6) is -4.66. The Morgan fingerprint density at radius 2 is 1.91 bits per heavy atom. The van der Waals surface area contributed by atoms with E-state index in [1.165, 1.54) is 37.4 Å². The van der Waals surface area contributed by atoms with Gasteiger partial charge in [0, 0.05) is 19.6 Å². The first kappa shape index (κ1) is 25.0. The molecular formula is C23H26F3NO6. The molecule has 1 heterocycles. The predicted octanol–water partition coefficient (Wildman–Crippen LogP) is 2.58. The summed E-state index contributed by atoms with van der Waals surface area (Å²) in [6.07, 6.45) is -5.47. The predicted molar refractivity (Wildman–Crippen MR) is 112 cm³/mol. The van der Waals surface area contributed by atoms with Gasteiger partial charge in [0.25, 0.3) is 5.92 Å². The van der Waals surface area contributed by atoms with E-state index in [2.05, 4.69) is 5.32 Å². The van der Waals surface area contributed by atoms with Gasteiger partial charge in [0.05, 0.1) is 12.6 Å². The average Bonchev–Trinajstić information content (AvgIpc) is 2.76. The normalized spacial score (nSPS) is 25.5. The molecule has 1 aliphatic heterocycles. The number of rotatable bonds is 7. The van der Waals surface area contributed by atoms with Crippen molar-refractivity contribution < 1.29 is 42.4 Å². The Kier molecular flexibility index (Phi) is 7.63. The Bertz CT molecular complexity index is 988. The first-order valence-electron chi connectivity index (χ1n) is 10.3. The molecule has 1 saturated heterocycles. The first-order valence-corrected chi connectivity index (χ1v) is 10.3. The molecule has 0 unspecified atom stereocenters. The first-order chi connectivity index (χ1) is 15.5. The number of aliphatic hydroxyl groups is 2. The van der Waals surface area contributed by atoms with Crippen LogP contribution in [0.3, 0.4) is 0 Å². The van der Waals surface area contributed by atoms with Gasteiger partial charge >= 0.3 is 0 Å². The lowest BCUT2D eigenvalue weighted by atomic mass is 9.95. The molecule has 0 radical (unpaired) electrons.